The van der Waals surface area contributed by atoms with Crippen LogP contribution in [0.25, 0.3) is 0 Å². The third-order valence-corrected chi connectivity index (χ3v) is 0.738. The van der Waals surface area contributed by atoms with Crippen LogP contribution in [-0.4, -0.2) is 5.97 Å². The van der Waals surface area contributed by atoms with Gasteiger partial charge in [-0.05, 0) is 13.0 Å². The van der Waals surface area contributed by atoms with Crippen LogP contribution in [0.15, 0.2) is 37.1 Å². The summed E-state index contributed by atoms with van der Waals surface area (Å²) in [5.41, 5.74) is 0.383. The lowest BCUT2D eigenvalue weighted by Gasteiger charge is -1.93. The highest BCUT2D eigenvalue weighted by Gasteiger charge is 1.97. The Bertz CT molecular complexity index is 178. The third kappa shape index (κ3) is 3.66. The summed E-state index contributed by atoms with van der Waals surface area (Å²) in [6.07, 6.45) is 4.32. The Morgan fingerprint density at radius 3 is 2.60 bits per heavy atom. The summed E-state index contributed by atoms with van der Waals surface area (Å²) >= 11 is 0. The minimum atomic E-state index is -0.418. The molecule has 0 heterocycles. The zero-order valence-electron chi connectivity index (χ0n) is 5.96. The second kappa shape index (κ2) is 4.56. The number of ether oxygens (including phenoxy) is 1. The first kappa shape index (κ1) is 8.69. The van der Waals surface area contributed by atoms with Crippen LogP contribution < -0.4 is 0 Å². The van der Waals surface area contributed by atoms with Crippen LogP contribution in [-0.2, 0) is 9.53 Å². The maximum atomic E-state index is 10.6. The number of allylic oxidation sites excluding steroid dienone is 2. The van der Waals surface area contributed by atoms with Crippen LogP contribution in [0.4, 0.5) is 0 Å². The highest BCUT2D eigenvalue weighted by molar-refractivity contribution is 5.87. The molecule has 0 N–H and O–H groups in total. The number of rotatable bonds is 3. The third-order valence-electron chi connectivity index (χ3n) is 0.738. The predicted molar refractivity (Wildman–Crippen MR) is 40.2 cm³/mol. The molecule has 0 amide bonds. The summed E-state index contributed by atoms with van der Waals surface area (Å²) in [4.78, 5) is 10.6. The van der Waals surface area contributed by atoms with Crippen LogP contribution >= 0.6 is 0 Å². The van der Waals surface area contributed by atoms with Crippen molar-refractivity contribution in [3.8, 4) is 0 Å². The van der Waals surface area contributed by atoms with Crippen molar-refractivity contribution in [1.82, 2.24) is 0 Å². The van der Waals surface area contributed by atoms with Gasteiger partial charge in [0.25, 0.3) is 0 Å². The van der Waals surface area contributed by atoms with Crippen molar-refractivity contribution in [2.24, 2.45) is 0 Å². The standard InChI is InChI=1S/C8H10O2/c1-4-5-6-10-8(9)7(2)3/h4-6H,1-2H2,3H3. The maximum Gasteiger partial charge on any atom is 0.337 e. The molecule has 2 heteroatoms. The zero-order chi connectivity index (χ0) is 7.98. The second-order valence-corrected chi connectivity index (χ2v) is 1.75. The molecule has 0 aliphatic carbocycles. The Kier molecular flexibility index (Phi) is 3.96. The molecule has 0 saturated carbocycles. The Morgan fingerprint density at radius 1 is 1.60 bits per heavy atom. The molecule has 0 aromatic heterocycles. The quantitative estimate of drug-likeness (QED) is 0.257. The maximum absolute atomic E-state index is 10.6. The molecular weight excluding hydrogens is 128 g/mol. The molecule has 0 aliphatic heterocycles. The SMILES string of the molecule is C=CC=COC(=O)C(=C)C. The minimum Gasteiger partial charge on any atom is -0.431 e. The van der Waals surface area contributed by atoms with E-state index in [0.717, 1.165) is 0 Å². The van der Waals surface area contributed by atoms with E-state index in [4.69, 9.17) is 0 Å². The monoisotopic (exact) mass is 138 g/mol. The van der Waals surface area contributed by atoms with Gasteiger partial charge in [-0.3, -0.25) is 0 Å². The molecule has 0 saturated heterocycles. The molecule has 10 heavy (non-hydrogen) atoms. The first-order valence-corrected chi connectivity index (χ1v) is 2.82. The minimum absolute atomic E-state index is 0.383. The van der Waals surface area contributed by atoms with Crippen molar-refractivity contribution >= 4 is 5.97 Å². The molecule has 0 radical (unpaired) electrons. The Hall–Kier alpha value is -1.31. The smallest absolute Gasteiger partial charge is 0.337 e. The summed E-state index contributed by atoms with van der Waals surface area (Å²) in [5.74, 6) is -0.418. The summed E-state index contributed by atoms with van der Waals surface area (Å²) in [7, 11) is 0. The van der Waals surface area contributed by atoms with E-state index in [2.05, 4.69) is 17.9 Å². The van der Waals surface area contributed by atoms with Gasteiger partial charge in [-0.2, -0.15) is 0 Å². The van der Waals surface area contributed by atoms with Crippen molar-refractivity contribution in [2.45, 2.75) is 6.92 Å². The molecule has 0 unspecified atom stereocenters. The van der Waals surface area contributed by atoms with Gasteiger partial charge in [0, 0.05) is 5.57 Å². The second-order valence-electron chi connectivity index (χ2n) is 1.75. The number of carbonyl (C=O) groups is 1. The lowest BCUT2D eigenvalue weighted by atomic mass is 10.4. The normalized spacial score (nSPS) is 9.30. The van der Waals surface area contributed by atoms with E-state index < -0.39 is 5.97 Å². The van der Waals surface area contributed by atoms with Gasteiger partial charge in [0.05, 0.1) is 6.26 Å². The zero-order valence-corrected chi connectivity index (χ0v) is 5.96. The average Bonchev–Trinajstić information content (AvgIpc) is 1.88. The van der Waals surface area contributed by atoms with Gasteiger partial charge in [0.2, 0.25) is 0 Å². The molecule has 54 valence electrons. The predicted octanol–water partition coefficient (Wildman–Crippen LogP) is 1.81. The van der Waals surface area contributed by atoms with Crippen molar-refractivity contribution < 1.29 is 9.53 Å². The highest BCUT2D eigenvalue weighted by Crippen LogP contribution is 1.91. The van der Waals surface area contributed by atoms with Crippen molar-refractivity contribution in [2.75, 3.05) is 0 Å². The van der Waals surface area contributed by atoms with Gasteiger partial charge in [0.15, 0.2) is 0 Å². The van der Waals surface area contributed by atoms with Gasteiger partial charge in [0.1, 0.15) is 0 Å². The van der Waals surface area contributed by atoms with Crippen LogP contribution in [0.1, 0.15) is 6.92 Å². The fourth-order valence-corrected chi connectivity index (χ4v) is 0.257. The summed E-state index contributed by atoms with van der Waals surface area (Å²) in [5, 5.41) is 0. The molecular formula is C8H10O2. The number of hydrogen-bond acceptors (Lipinski definition) is 2. The summed E-state index contributed by atoms with van der Waals surface area (Å²) in [6, 6.07) is 0. The molecule has 0 bridgehead atoms. The van der Waals surface area contributed by atoms with Gasteiger partial charge >= 0.3 is 5.97 Å². The van der Waals surface area contributed by atoms with E-state index in [9.17, 15) is 4.79 Å². The van der Waals surface area contributed by atoms with Crippen LogP contribution in [0.3, 0.4) is 0 Å². The molecule has 0 aromatic carbocycles. The van der Waals surface area contributed by atoms with Gasteiger partial charge in [-0.15, -0.1) is 0 Å². The fraction of sp³-hybridized carbons (Fsp3) is 0.125. The molecule has 0 aromatic rings. The molecule has 0 spiro atoms. The lowest BCUT2D eigenvalue weighted by molar-refractivity contribution is -0.133. The first-order chi connectivity index (χ1) is 4.68. The van der Waals surface area contributed by atoms with E-state index in [-0.39, 0.29) is 0 Å². The molecule has 0 atom stereocenters. The molecule has 0 rings (SSSR count). The topological polar surface area (TPSA) is 26.3 Å². The van der Waals surface area contributed by atoms with Gasteiger partial charge in [-0.25, -0.2) is 4.79 Å². The Morgan fingerprint density at radius 2 is 2.20 bits per heavy atom. The lowest BCUT2D eigenvalue weighted by Crippen LogP contribution is -1.98. The summed E-state index contributed by atoms with van der Waals surface area (Å²) < 4.78 is 4.55. The van der Waals surface area contributed by atoms with Crippen molar-refractivity contribution in [1.29, 1.82) is 0 Å². The van der Waals surface area contributed by atoms with Crippen LogP contribution in [0.5, 0.6) is 0 Å². The first-order valence-electron chi connectivity index (χ1n) is 2.82. The van der Waals surface area contributed by atoms with E-state index in [0.29, 0.717) is 5.57 Å². The van der Waals surface area contributed by atoms with Crippen LogP contribution in [0, 0.1) is 0 Å². The summed E-state index contributed by atoms with van der Waals surface area (Å²) in [6.45, 7) is 8.39. The van der Waals surface area contributed by atoms with Gasteiger partial charge < -0.3 is 4.74 Å². The molecule has 0 fully saturated rings. The number of esters is 1. The average molecular weight is 138 g/mol. The largest absolute Gasteiger partial charge is 0.431 e. The van der Waals surface area contributed by atoms with Crippen molar-refractivity contribution in [3.63, 3.8) is 0 Å². The number of hydrogen-bond donors (Lipinski definition) is 0. The molecule has 2 nitrogen and oxygen atoms in total. The van der Waals surface area contributed by atoms with Gasteiger partial charge in [-0.1, -0.05) is 19.2 Å². The molecule has 0 aliphatic rings. The fourth-order valence-electron chi connectivity index (χ4n) is 0.257. The Labute approximate surface area is 60.5 Å². The van der Waals surface area contributed by atoms with Crippen LogP contribution in [0.2, 0.25) is 0 Å². The number of carbonyl (C=O) groups excluding carboxylic acids is 1. The van der Waals surface area contributed by atoms with E-state index in [1.54, 1.807) is 6.92 Å². The van der Waals surface area contributed by atoms with E-state index in [1.807, 2.05) is 0 Å². The highest BCUT2D eigenvalue weighted by atomic mass is 16.5. The van der Waals surface area contributed by atoms with E-state index >= 15 is 0 Å². The Balaban J connectivity index is 3.70. The van der Waals surface area contributed by atoms with E-state index in [1.165, 1.54) is 18.4 Å². The van der Waals surface area contributed by atoms with Crippen molar-refractivity contribution in [3.05, 3.63) is 37.1 Å².